The normalized spacial score (nSPS) is 28.2. The highest BCUT2D eigenvalue weighted by Gasteiger charge is 2.36. The lowest BCUT2D eigenvalue weighted by Gasteiger charge is -2.24. The van der Waals surface area contributed by atoms with Gasteiger partial charge in [-0.15, -0.1) is 0 Å². The first kappa shape index (κ1) is 11.9. The van der Waals surface area contributed by atoms with Crippen molar-refractivity contribution in [3.63, 3.8) is 0 Å². The van der Waals surface area contributed by atoms with Crippen LogP contribution in [0.3, 0.4) is 0 Å². The van der Waals surface area contributed by atoms with Gasteiger partial charge in [-0.25, -0.2) is 0 Å². The first-order valence-electron chi connectivity index (χ1n) is 6.42. The molecule has 0 spiro atoms. The number of carboxylic acid groups (broad SMARTS) is 1. The summed E-state index contributed by atoms with van der Waals surface area (Å²) >= 11 is 0. The van der Waals surface area contributed by atoms with E-state index in [2.05, 4.69) is 17.1 Å². The van der Waals surface area contributed by atoms with Crippen molar-refractivity contribution >= 4 is 5.97 Å². The van der Waals surface area contributed by atoms with Crippen molar-refractivity contribution in [2.45, 2.75) is 44.7 Å². The van der Waals surface area contributed by atoms with Gasteiger partial charge in [0.25, 0.3) is 0 Å². The zero-order valence-electron chi connectivity index (χ0n) is 9.98. The highest BCUT2D eigenvalue weighted by molar-refractivity contribution is 5.74. The molecule has 4 heteroatoms. The average molecular weight is 226 g/mol. The van der Waals surface area contributed by atoms with Crippen LogP contribution in [0.2, 0.25) is 0 Å². The summed E-state index contributed by atoms with van der Waals surface area (Å²) in [5.41, 5.74) is 0. The molecule has 0 aromatic heterocycles. The predicted molar refractivity (Wildman–Crippen MR) is 62.4 cm³/mol. The van der Waals surface area contributed by atoms with E-state index >= 15 is 0 Å². The van der Waals surface area contributed by atoms with Gasteiger partial charge in [-0.1, -0.05) is 6.92 Å². The Kier molecular flexibility index (Phi) is 3.82. The lowest BCUT2D eigenvalue weighted by atomic mass is 10.1. The van der Waals surface area contributed by atoms with Crippen LogP contribution < -0.4 is 5.32 Å². The van der Waals surface area contributed by atoms with E-state index in [0.29, 0.717) is 12.0 Å². The van der Waals surface area contributed by atoms with Crippen molar-refractivity contribution < 1.29 is 9.90 Å². The molecular weight excluding hydrogens is 204 g/mol. The maximum atomic E-state index is 11.1. The number of carboxylic acids is 1. The van der Waals surface area contributed by atoms with E-state index < -0.39 is 5.97 Å². The molecule has 2 atom stereocenters. The van der Waals surface area contributed by atoms with Gasteiger partial charge in [0, 0.05) is 12.6 Å². The molecule has 0 radical (unpaired) electrons. The lowest BCUT2D eigenvalue weighted by Crippen LogP contribution is -2.45. The average Bonchev–Trinajstić information content (AvgIpc) is 2.97. The fourth-order valence-electron chi connectivity index (χ4n) is 2.69. The number of likely N-dealkylation sites (tertiary alicyclic amines) is 1. The number of aliphatic carboxylic acids is 1. The molecule has 1 aliphatic heterocycles. The molecule has 1 saturated carbocycles. The van der Waals surface area contributed by atoms with Crippen LogP contribution in [0, 0.1) is 5.92 Å². The summed E-state index contributed by atoms with van der Waals surface area (Å²) in [7, 11) is 0. The Morgan fingerprint density at radius 1 is 1.50 bits per heavy atom. The fraction of sp³-hybridized carbons (Fsp3) is 0.917. The quantitative estimate of drug-likeness (QED) is 0.707. The van der Waals surface area contributed by atoms with Crippen LogP contribution in [0.4, 0.5) is 0 Å². The summed E-state index contributed by atoms with van der Waals surface area (Å²) in [6.07, 6.45) is 4.61. The van der Waals surface area contributed by atoms with Crippen molar-refractivity contribution in [1.29, 1.82) is 0 Å². The van der Waals surface area contributed by atoms with Gasteiger partial charge in [0.15, 0.2) is 0 Å². The number of hydrogen-bond acceptors (Lipinski definition) is 3. The maximum absolute atomic E-state index is 11.1. The lowest BCUT2D eigenvalue weighted by molar-refractivity contribution is -0.140. The summed E-state index contributed by atoms with van der Waals surface area (Å²) < 4.78 is 0. The molecule has 1 heterocycles. The van der Waals surface area contributed by atoms with E-state index in [1.165, 1.54) is 19.4 Å². The van der Waals surface area contributed by atoms with Crippen LogP contribution >= 0.6 is 0 Å². The number of carbonyl (C=O) groups is 1. The van der Waals surface area contributed by atoms with Gasteiger partial charge >= 0.3 is 5.97 Å². The minimum Gasteiger partial charge on any atom is -0.480 e. The van der Waals surface area contributed by atoms with E-state index in [9.17, 15) is 4.79 Å². The van der Waals surface area contributed by atoms with Crippen LogP contribution in [0.25, 0.3) is 0 Å². The molecule has 1 saturated heterocycles. The molecule has 4 nitrogen and oxygen atoms in total. The van der Waals surface area contributed by atoms with Gasteiger partial charge in [-0.3, -0.25) is 9.69 Å². The molecule has 2 N–H and O–H groups in total. The Morgan fingerprint density at radius 2 is 2.25 bits per heavy atom. The van der Waals surface area contributed by atoms with Crippen LogP contribution in [0.5, 0.6) is 0 Å². The molecule has 2 rings (SSSR count). The molecule has 1 aliphatic carbocycles. The number of nitrogens with zero attached hydrogens (tertiary/aromatic N) is 1. The van der Waals surface area contributed by atoms with Gasteiger partial charge in [0.2, 0.25) is 0 Å². The first-order valence-corrected chi connectivity index (χ1v) is 6.42. The summed E-state index contributed by atoms with van der Waals surface area (Å²) in [5, 5.41) is 12.4. The number of nitrogens with one attached hydrogen (secondary N) is 1. The minimum absolute atomic E-state index is 0.306. The van der Waals surface area contributed by atoms with Gasteiger partial charge in [0.05, 0.1) is 0 Å². The Bertz CT molecular complexity index is 253. The molecular formula is C12H22N2O2. The number of likely N-dealkylation sites (N-methyl/N-ethyl adjacent to an activating group) is 1. The molecule has 0 amide bonds. The second kappa shape index (κ2) is 5.15. The van der Waals surface area contributed by atoms with Crippen molar-refractivity contribution in [1.82, 2.24) is 10.2 Å². The second-order valence-electron chi connectivity index (χ2n) is 4.99. The summed E-state index contributed by atoms with van der Waals surface area (Å²) in [5.74, 6) is -0.294. The van der Waals surface area contributed by atoms with Crippen molar-refractivity contribution in [3.05, 3.63) is 0 Å². The molecule has 16 heavy (non-hydrogen) atoms. The molecule has 2 unspecified atom stereocenters. The van der Waals surface area contributed by atoms with Crippen LogP contribution in [0.15, 0.2) is 0 Å². The monoisotopic (exact) mass is 226 g/mol. The van der Waals surface area contributed by atoms with E-state index in [0.717, 1.165) is 25.9 Å². The third-order valence-electron chi connectivity index (χ3n) is 3.84. The van der Waals surface area contributed by atoms with Gasteiger partial charge in [-0.2, -0.15) is 0 Å². The van der Waals surface area contributed by atoms with E-state index in [1.807, 2.05) is 0 Å². The van der Waals surface area contributed by atoms with E-state index in [-0.39, 0.29) is 6.04 Å². The zero-order chi connectivity index (χ0) is 11.5. The third kappa shape index (κ3) is 2.74. The Balaban J connectivity index is 1.78. The third-order valence-corrected chi connectivity index (χ3v) is 3.84. The summed E-state index contributed by atoms with van der Waals surface area (Å²) in [4.78, 5) is 13.5. The molecule has 92 valence electrons. The Hall–Kier alpha value is -0.610. The predicted octanol–water partition coefficient (Wildman–Crippen LogP) is 0.923. The second-order valence-corrected chi connectivity index (χ2v) is 4.99. The van der Waals surface area contributed by atoms with E-state index in [4.69, 9.17) is 5.11 Å². The SMILES string of the molecule is CCN1CCCC1CNC(C(=O)O)C1CC1. The standard InChI is InChI=1S/C12H22N2O2/c1-2-14-7-3-4-10(14)8-13-11(12(15)16)9-5-6-9/h9-11,13H,2-8H2,1H3,(H,15,16). The zero-order valence-corrected chi connectivity index (χ0v) is 9.98. The highest BCUT2D eigenvalue weighted by Crippen LogP contribution is 2.32. The Morgan fingerprint density at radius 3 is 2.81 bits per heavy atom. The van der Waals surface area contributed by atoms with Crippen molar-refractivity contribution in [2.24, 2.45) is 5.92 Å². The summed E-state index contributed by atoms with van der Waals surface area (Å²) in [6, 6.07) is 0.241. The van der Waals surface area contributed by atoms with Crippen LogP contribution in [-0.2, 0) is 4.79 Å². The molecule has 0 aromatic rings. The molecule has 0 aromatic carbocycles. The molecule has 2 fully saturated rings. The smallest absolute Gasteiger partial charge is 0.320 e. The minimum atomic E-state index is -0.677. The van der Waals surface area contributed by atoms with E-state index in [1.54, 1.807) is 0 Å². The van der Waals surface area contributed by atoms with Crippen LogP contribution in [-0.4, -0.2) is 47.7 Å². The highest BCUT2D eigenvalue weighted by atomic mass is 16.4. The maximum Gasteiger partial charge on any atom is 0.320 e. The number of rotatable bonds is 6. The van der Waals surface area contributed by atoms with Crippen molar-refractivity contribution in [2.75, 3.05) is 19.6 Å². The summed E-state index contributed by atoms with van der Waals surface area (Å²) in [6.45, 7) is 5.26. The van der Waals surface area contributed by atoms with Crippen molar-refractivity contribution in [3.8, 4) is 0 Å². The fourth-order valence-corrected chi connectivity index (χ4v) is 2.69. The largest absolute Gasteiger partial charge is 0.480 e. The van der Waals surface area contributed by atoms with Gasteiger partial charge < -0.3 is 10.4 Å². The van der Waals surface area contributed by atoms with Gasteiger partial charge in [0.1, 0.15) is 6.04 Å². The molecule has 2 aliphatic rings. The topological polar surface area (TPSA) is 52.6 Å². The number of hydrogen-bond donors (Lipinski definition) is 2. The Labute approximate surface area is 97.0 Å². The first-order chi connectivity index (χ1) is 7.72. The molecule has 0 bridgehead atoms. The van der Waals surface area contributed by atoms with Gasteiger partial charge in [-0.05, 0) is 44.7 Å². The van der Waals surface area contributed by atoms with Crippen LogP contribution in [0.1, 0.15) is 32.6 Å².